The van der Waals surface area contributed by atoms with Crippen LogP contribution in [-0.2, 0) is 16.1 Å². The predicted molar refractivity (Wildman–Crippen MR) is 125 cm³/mol. The van der Waals surface area contributed by atoms with Gasteiger partial charge in [-0.3, -0.25) is 9.59 Å². The molecule has 1 aliphatic rings. The Kier molecular flexibility index (Phi) is 8.54. The molecule has 172 valence electrons. The van der Waals surface area contributed by atoms with Crippen molar-refractivity contribution in [2.75, 3.05) is 13.7 Å². The lowest BCUT2D eigenvalue weighted by Crippen LogP contribution is -2.52. The predicted octanol–water partition coefficient (Wildman–Crippen LogP) is 4.25. The van der Waals surface area contributed by atoms with Crippen LogP contribution >= 0.6 is 0 Å². The van der Waals surface area contributed by atoms with Gasteiger partial charge in [-0.05, 0) is 43.9 Å². The number of benzene rings is 2. The van der Waals surface area contributed by atoms with Crippen molar-refractivity contribution < 1.29 is 19.1 Å². The quantitative estimate of drug-likeness (QED) is 0.602. The van der Waals surface area contributed by atoms with E-state index >= 15 is 0 Å². The zero-order valence-electron chi connectivity index (χ0n) is 19.3. The molecule has 0 aliphatic heterocycles. The van der Waals surface area contributed by atoms with Gasteiger partial charge in [-0.15, -0.1) is 0 Å². The van der Waals surface area contributed by atoms with E-state index in [-0.39, 0.29) is 24.5 Å². The van der Waals surface area contributed by atoms with E-state index in [1.807, 2.05) is 50.2 Å². The number of para-hydroxylation sites is 2. The molecule has 6 heteroatoms. The number of carbonyl (C=O) groups is 2. The minimum atomic E-state index is -0.550. The molecule has 0 bridgehead atoms. The second-order valence-electron chi connectivity index (χ2n) is 8.36. The zero-order valence-corrected chi connectivity index (χ0v) is 19.3. The van der Waals surface area contributed by atoms with Gasteiger partial charge in [0.15, 0.2) is 18.1 Å². The fourth-order valence-corrected chi connectivity index (χ4v) is 4.14. The Hall–Kier alpha value is -3.02. The van der Waals surface area contributed by atoms with Crippen LogP contribution in [0.15, 0.2) is 48.5 Å². The molecular formula is C26H34N2O4. The van der Waals surface area contributed by atoms with Crippen molar-refractivity contribution in [2.24, 2.45) is 0 Å². The van der Waals surface area contributed by atoms with Crippen molar-refractivity contribution in [2.45, 2.75) is 64.6 Å². The van der Waals surface area contributed by atoms with Crippen LogP contribution < -0.4 is 14.8 Å². The highest BCUT2D eigenvalue weighted by molar-refractivity contribution is 5.88. The molecule has 32 heavy (non-hydrogen) atoms. The van der Waals surface area contributed by atoms with E-state index < -0.39 is 6.04 Å². The van der Waals surface area contributed by atoms with Gasteiger partial charge in [-0.1, -0.05) is 61.7 Å². The molecule has 0 radical (unpaired) electrons. The van der Waals surface area contributed by atoms with E-state index in [4.69, 9.17) is 9.47 Å². The van der Waals surface area contributed by atoms with Gasteiger partial charge in [0.05, 0.1) is 7.11 Å². The van der Waals surface area contributed by atoms with E-state index in [0.29, 0.717) is 24.5 Å². The number of rotatable bonds is 10. The molecule has 2 aromatic rings. The van der Waals surface area contributed by atoms with E-state index in [2.05, 4.69) is 5.32 Å². The van der Waals surface area contributed by atoms with E-state index in [9.17, 15) is 9.59 Å². The number of hydrogen-bond donors (Lipinski definition) is 1. The fourth-order valence-electron chi connectivity index (χ4n) is 4.14. The van der Waals surface area contributed by atoms with Gasteiger partial charge >= 0.3 is 0 Å². The highest BCUT2D eigenvalue weighted by Gasteiger charge is 2.31. The summed E-state index contributed by atoms with van der Waals surface area (Å²) in [6, 6.07) is 14.9. The third-order valence-corrected chi connectivity index (χ3v) is 5.98. The number of nitrogens with one attached hydrogen (secondary N) is 1. The second-order valence-corrected chi connectivity index (χ2v) is 8.36. The number of nitrogens with zero attached hydrogens (tertiary/aromatic N) is 1. The third-order valence-electron chi connectivity index (χ3n) is 5.98. The first-order chi connectivity index (χ1) is 15.5. The van der Waals surface area contributed by atoms with Crippen molar-refractivity contribution in [1.82, 2.24) is 10.2 Å². The number of hydrogen-bond acceptors (Lipinski definition) is 4. The number of aryl methyl sites for hydroxylation is 1. The summed E-state index contributed by atoms with van der Waals surface area (Å²) in [5, 5.41) is 3.16. The van der Waals surface area contributed by atoms with Gasteiger partial charge in [-0.2, -0.15) is 0 Å². The van der Waals surface area contributed by atoms with E-state index in [1.165, 1.54) is 0 Å². The summed E-state index contributed by atoms with van der Waals surface area (Å²) in [5.41, 5.74) is 2.13. The van der Waals surface area contributed by atoms with E-state index in [1.54, 1.807) is 24.1 Å². The molecule has 1 fully saturated rings. The van der Waals surface area contributed by atoms with Crippen LogP contribution in [0.2, 0.25) is 0 Å². The number of methoxy groups -OCH3 is 1. The Morgan fingerprint density at radius 3 is 2.34 bits per heavy atom. The number of amides is 2. The summed E-state index contributed by atoms with van der Waals surface area (Å²) in [6.45, 7) is 4.15. The molecule has 1 aliphatic carbocycles. The topological polar surface area (TPSA) is 67.9 Å². The maximum atomic E-state index is 13.3. The molecule has 0 saturated heterocycles. The van der Waals surface area contributed by atoms with Gasteiger partial charge in [0, 0.05) is 12.6 Å². The van der Waals surface area contributed by atoms with Crippen molar-refractivity contribution in [3.63, 3.8) is 0 Å². The van der Waals surface area contributed by atoms with Gasteiger partial charge in [0.2, 0.25) is 5.91 Å². The lowest BCUT2D eigenvalue weighted by molar-refractivity contribution is -0.143. The minimum Gasteiger partial charge on any atom is -0.493 e. The average molecular weight is 439 g/mol. The van der Waals surface area contributed by atoms with Crippen LogP contribution in [0.4, 0.5) is 0 Å². The van der Waals surface area contributed by atoms with Crippen LogP contribution in [0.25, 0.3) is 0 Å². The first-order valence-corrected chi connectivity index (χ1v) is 11.4. The summed E-state index contributed by atoms with van der Waals surface area (Å²) >= 11 is 0. The Morgan fingerprint density at radius 2 is 1.72 bits per heavy atom. The Bertz CT molecular complexity index is 891. The average Bonchev–Trinajstić information content (AvgIpc) is 3.31. The Morgan fingerprint density at radius 1 is 1.06 bits per heavy atom. The third kappa shape index (κ3) is 6.25. The van der Waals surface area contributed by atoms with E-state index in [0.717, 1.165) is 36.8 Å². The normalized spacial score (nSPS) is 14.6. The van der Waals surface area contributed by atoms with Gasteiger partial charge in [0.1, 0.15) is 6.04 Å². The first kappa shape index (κ1) is 23.6. The smallest absolute Gasteiger partial charge is 0.261 e. The standard InChI is InChI=1S/C26H34N2O4/c1-4-22(26(30)27-21-9-5-6-10-21)28(17-20-15-13-19(2)14-16-20)25(29)18-32-24-12-8-7-11-23(24)31-3/h7-8,11-16,21-22H,4-6,9-10,17-18H2,1-3H3,(H,27,30)/t22-/m1/s1. The molecule has 1 atom stereocenters. The molecule has 2 aromatic carbocycles. The van der Waals surface area contributed by atoms with Crippen molar-refractivity contribution in [3.8, 4) is 11.5 Å². The van der Waals surface area contributed by atoms with Crippen LogP contribution in [0.1, 0.15) is 50.2 Å². The first-order valence-electron chi connectivity index (χ1n) is 11.4. The molecular weight excluding hydrogens is 404 g/mol. The molecule has 0 spiro atoms. The fraction of sp³-hybridized carbons (Fsp3) is 0.462. The van der Waals surface area contributed by atoms with Gasteiger partial charge < -0.3 is 19.7 Å². The summed E-state index contributed by atoms with van der Waals surface area (Å²) in [4.78, 5) is 28.1. The summed E-state index contributed by atoms with van der Waals surface area (Å²) < 4.78 is 11.1. The minimum absolute atomic E-state index is 0.0860. The monoisotopic (exact) mass is 438 g/mol. The van der Waals surface area contributed by atoms with Gasteiger partial charge in [-0.25, -0.2) is 0 Å². The maximum Gasteiger partial charge on any atom is 0.261 e. The summed E-state index contributed by atoms with van der Waals surface area (Å²) in [7, 11) is 1.56. The van der Waals surface area contributed by atoms with Crippen molar-refractivity contribution in [3.05, 3.63) is 59.7 Å². The Labute approximate surface area is 190 Å². The maximum absolute atomic E-state index is 13.3. The van der Waals surface area contributed by atoms with Crippen LogP contribution in [-0.4, -0.2) is 42.5 Å². The van der Waals surface area contributed by atoms with Gasteiger partial charge in [0.25, 0.3) is 5.91 Å². The second kappa shape index (κ2) is 11.6. The van der Waals surface area contributed by atoms with Crippen LogP contribution in [0.3, 0.4) is 0 Å². The largest absolute Gasteiger partial charge is 0.493 e. The van der Waals surface area contributed by atoms with Crippen molar-refractivity contribution >= 4 is 11.8 Å². The Balaban J connectivity index is 1.76. The summed E-state index contributed by atoms with van der Waals surface area (Å²) in [6.07, 6.45) is 4.82. The lowest BCUT2D eigenvalue weighted by Gasteiger charge is -2.31. The molecule has 0 unspecified atom stereocenters. The molecule has 0 heterocycles. The number of carbonyl (C=O) groups excluding carboxylic acids is 2. The highest BCUT2D eigenvalue weighted by Crippen LogP contribution is 2.26. The molecule has 2 amide bonds. The molecule has 1 saturated carbocycles. The zero-order chi connectivity index (χ0) is 22.9. The molecule has 1 N–H and O–H groups in total. The van der Waals surface area contributed by atoms with Crippen LogP contribution in [0, 0.1) is 6.92 Å². The lowest BCUT2D eigenvalue weighted by atomic mass is 10.1. The highest BCUT2D eigenvalue weighted by atomic mass is 16.5. The molecule has 6 nitrogen and oxygen atoms in total. The number of ether oxygens (including phenoxy) is 2. The van der Waals surface area contributed by atoms with Crippen LogP contribution in [0.5, 0.6) is 11.5 Å². The molecule has 0 aromatic heterocycles. The SMILES string of the molecule is CC[C@H](C(=O)NC1CCCC1)N(Cc1ccc(C)cc1)C(=O)COc1ccccc1OC. The van der Waals surface area contributed by atoms with Crippen molar-refractivity contribution in [1.29, 1.82) is 0 Å². The molecule has 3 rings (SSSR count). The summed E-state index contributed by atoms with van der Waals surface area (Å²) in [5.74, 6) is 0.751.